The normalized spacial score (nSPS) is 12.2. The van der Waals surface area contributed by atoms with Gasteiger partial charge in [0.2, 0.25) is 5.91 Å². The highest BCUT2D eigenvalue weighted by atomic mass is 35.5. The Labute approximate surface area is 192 Å². The summed E-state index contributed by atoms with van der Waals surface area (Å²) in [4.78, 5) is 35.2. The zero-order valence-electron chi connectivity index (χ0n) is 17.6. The van der Waals surface area contributed by atoms with Gasteiger partial charge in [0.15, 0.2) is 0 Å². The van der Waals surface area contributed by atoms with E-state index >= 15 is 0 Å². The monoisotopic (exact) mass is 487 g/mol. The number of carbonyl (C=O) groups is 2. The topological polar surface area (TPSA) is 111 Å². The minimum atomic E-state index is -4.44. The number of amides is 2. The number of nitrogens with one attached hydrogen (secondary N) is 2. The van der Waals surface area contributed by atoms with Crippen molar-refractivity contribution in [2.75, 3.05) is 13.2 Å². The smallest absolute Gasteiger partial charge is 0.416 e. The Hall–Kier alpha value is -3.34. The lowest BCUT2D eigenvalue weighted by molar-refractivity contribution is -0.384. The molecule has 0 saturated heterocycles. The lowest BCUT2D eigenvalue weighted by atomic mass is 10.0. The Morgan fingerprint density at radius 3 is 2.30 bits per heavy atom. The Morgan fingerprint density at radius 1 is 1.15 bits per heavy atom. The van der Waals surface area contributed by atoms with Gasteiger partial charge in [0.05, 0.1) is 27.6 Å². The van der Waals surface area contributed by atoms with Crippen LogP contribution in [-0.2, 0) is 11.0 Å². The quantitative estimate of drug-likeness (QED) is 0.312. The van der Waals surface area contributed by atoms with E-state index in [0.29, 0.717) is 0 Å². The number of halogens is 4. The van der Waals surface area contributed by atoms with Crippen LogP contribution in [0.2, 0.25) is 5.02 Å². The predicted octanol–water partition coefficient (Wildman–Crippen LogP) is 4.22. The van der Waals surface area contributed by atoms with E-state index in [2.05, 4.69) is 10.6 Å². The van der Waals surface area contributed by atoms with E-state index in [-0.39, 0.29) is 41.1 Å². The summed E-state index contributed by atoms with van der Waals surface area (Å²) >= 11 is 5.96. The minimum absolute atomic E-state index is 0.00987. The Morgan fingerprint density at radius 2 is 1.79 bits per heavy atom. The molecular formula is C21H21ClF3N3O5. The van der Waals surface area contributed by atoms with Crippen LogP contribution >= 0.6 is 11.6 Å². The van der Waals surface area contributed by atoms with E-state index < -0.39 is 34.5 Å². The molecule has 0 aliphatic carbocycles. The maximum atomic E-state index is 12.6. The SMILES string of the molecule is CC(C)C(NC(=O)c1ccc([N+](=O)[O-])cc1Cl)C(=O)NCCOc1ccc(C(F)(F)F)cc1. The average molecular weight is 488 g/mol. The molecule has 0 fully saturated rings. The van der Waals surface area contributed by atoms with Crippen molar-refractivity contribution in [3.8, 4) is 5.75 Å². The summed E-state index contributed by atoms with van der Waals surface area (Å²) in [6.07, 6.45) is -4.44. The van der Waals surface area contributed by atoms with Crippen LogP contribution in [0, 0.1) is 16.0 Å². The largest absolute Gasteiger partial charge is 0.492 e. The first kappa shape index (κ1) is 25.9. The Balaban J connectivity index is 1.91. The Bertz CT molecular complexity index is 1010. The summed E-state index contributed by atoms with van der Waals surface area (Å²) < 4.78 is 43.0. The first-order valence-electron chi connectivity index (χ1n) is 9.72. The molecule has 2 rings (SSSR count). The molecule has 178 valence electrons. The highest BCUT2D eigenvalue weighted by molar-refractivity contribution is 6.34. The van der Waals surface area contributed by atoms with Crippen molar-refractivity contribution in [1.29, 1.82) is 0 Å². The molecule has 0 aliphatic heterocycles. The molecule has 0 aliphatic rings. The van der Waals surface area contributed by atoms with E-state index in [1.807, 2.05) is 0 Å². The van der Waals surface area contributed by atoms with Gasteiger partial charge in [0.1, 0.15) is 18.4 Å². The van der Waals surface area contributed by atoms with Gasteiger partial charge in [-0.3, -0.25) is 19.7 Å². The van der Waals surface area contributed by atoms with Crippen LogP contribution in [0.3, 0.4) is 0 Å². The molecule has 0 bridgehead atoms. The van der Waals surface area contributed by atoms with Gasteiger partial charge in [-0.05, 0) is 36.2 Å². The summed E-state index contributed by atoms with van der Waals surface area (Å²) in [5, 5.41) is 15.8. The van der Waals surface area contributed by atoms with Crippen molar-refractivity contribution in [2.24, 2.45) is 5.92 Å². The molecule has 8 nitrogen and oxygen atoms in total. The summed E-state index contributed by atoms with van der Waals surface area (Å²) in [7, 11) is 0. The fourth-order valence-electron chi connectivity index (χ4n) is 2.75. The number of rotatable bonds is 9. The van der Waals surface area contributed by atoms with Crippen molar-refractivity contribution in [3.63, 3.8) is 0 Å². The number of benzene rings is 2. The van der Waals surface area contributed by atoms with Crippen LogP contribution in [0.15, 0.2) is 42.5 Å². The van der Waals surface area contributed by atoms with Gasteiger partial charge in [-0.15, -0.1) is 0 Å². The third kappa shape index (κ3) is 7.35. The van der Waals surface area contributed by atoms with Gasteiger partial charge in [-0.1, -0.05) is 25.4 Å². The van der Waals surface area contributed by atoms with Crippen molar-refractivity contribution < 1.29 is 32.4 Å². The molecule has 0 spiro atoms. The number of hydrogen-bond acceptors (Lipinski definition) is 5. The summed E-state index contributed by atoms with van der Waals surface area (Å²) in [5.74, 6) is -1.28. The predicted molar refractivity (Wildman–Crippen MR) is 114 cm³/mol. The molecule has 33 heavy (non-hydrogen) atoms. The van der Waals surface area contributed by atoms with Crippen molar-refractivity contribution in [2.45, 2.75) is 26.1 Å². The van der Waals surface area contributed by atoms with E-state index in [9.17, 15) is 32.9 Å². The second-order valence-corrected chi connectivity index (χ2v) is 7.69. The van der Waals surface area contributed by atoms with Gasteiger partial charge in [-0.2, -0.15) is 13.2 Å². The van der Waals surface area contributed by atoms with Crippen molar-refractivity contribution in [1.82, 2.24) is 10.6 Å². The van der Waals surface area contributed by atoms with Gasteiger partial charge in [-0.25, -0.2) is 0 Å². The zero-order chi connectivity index (χ0) is 24.8. The van der Waals surface area contributed by atoms with Gasteiger partial charge in [0, 0.05) is 12.1 Å². The number of nitro groups is 1. The average Bonchev–Trinajstić information content (AvgIpc) is 2.74. The first-order chi connectivity index (χ1) is 15.4. The lowest BCUT2D eigenvalue weighted by Crippen LogP contribution is -2.50. The molecule has 1 atom stereocenters. The third-order valence-electron chi connectivity index (χ3n) is 4.50. The van der Waals surface area contributed by atoms with E-state index in [1.165, 1.54) is 18.2 Å². The third-order valence-corrected chi connectivity index (χ3v) is 4.81. The molecule has 0 heterocycles. The first-order valence-corrected chi connectivity index (χ1v) is 10.1. The van der Waals surface area contributed by atoms with Crippen LogP contribution in [0.5, 0.6) is 5.75 Å². The Kier molecular flexibility index (Phi) is 8.63. The molecule has 12 heteroatoms. The highest BCUT2D eigenvalue weighted by Gasteiger charge is 2.30. The maximum Gasteiger partial charge on any atom is 0.416 e. The number of alkyl halides is 3. The van der Waals surface area contributed by atoms with E-state index in [0.717, 1.165) is 24.3 Å². The molecule has 0 saturated carbocycles. The molecular weight excluding hydrogens is 467 g/mol. The lowest BCUT2D eigenvalue weighted by Gasteiger charge is -2.22. The fourth-order valence-corrected chi connectivity index (χ4v) is 3.01. The molecule has 2 aromatic rings. The van der Waals surface area contributed by atoms with Gasteiger partial charge in [0.25, 0.3) is 11.6 Å². The number of non-ortho nitro benzene ring substituents is 1. The second kappa shape index (κ2) is 11.0. The molecule has 1 unspecified atom stereocenters. The van der Waals surface area contributed by atoms with Gasteiger partial charge < -0.3 is 15.4 Å². The van der Waals surface area contributed by atoms with Crippen LogP contribution in [0.1, 0.15) is 29.8 Å². The number of carbonyl (C=O) groups excluding carboxylic acids is 2. The fraction of sp³-hybridized carbons (Fsp3) is 0.333. The standard InChI is InChI=1S/C21H21ClF3N3O5/c1-12(2)18(27-19(29)16-8-5-14(28(31)32)11-17(16)22)20(30)26-9-10-33-15-6-3-13(4-7-15)21(23,24)25/h3-8,11-12,18H,9-10H2,1-2H3,(H,26,30)(H,27,29). The van der Waals surface area contributed by atoms with Crippen LogP contribution < -0.4 is 15.4 Å². The van der Waals surface area contributed by atoms with Crippen LogP contribution in [0.4, 0.5) is 18.9 Å². The number of ether oxygens (including phenoxy) is 1. The molecule has 0 radical (unpaired) electrons. The molecule has 0 aromatic heterocycles. The zero-order valence-corrected chi connectivity index (χ0v) is 18.4. The number of nitrogens with zero attached hydrogens (tertiary/aromatic N) is 1. The van der Waals surface area contributed by atoms with E-state index in [1.54, 1.807) is 13.8 Å². The summed E-state index contributed by atoms with van der Waals surface area (Å²) in [6, 6.07) is 6.57. The van der Waals surface area contributed by atoms with Gasteiger partial charge >= 0.3 is 6.18 Å². The molecule has 2 N–H and O–H groups in total. The van der Waals surface area contributed by atoms with E-state index in [4.69, 9.17) is 16.3 Å². The second-order valence-electron chi connectivity index (χ2n) is 7.28. The molecule has 2 amide bonds. The molecule has 2 aromatic carbocycles. The van der Waals surface area contributed by atoms with Crippen LogP contribution in [-0.4, -0.2) is 35.9 Å². The number of hydrogen-bond donors (Lipinski definition) is 2. The van der Waals surface area contributed by atoms with Crippen LogP contribution in [0.25, 0.3) is 0 Å². The summed E-state index contributed by atoms with van der Waals surface area (Å²) in [5.41, 5.74) is -1.10. The minimum Gasteiger partial charge on any atom is -0.492 e. The number of nitro benzene ring substituents is 1. The maximum absolute atomic E-state index is 12.6. The van der Waals surface area contributed by atoms with Crippen molar-refractivity contribution in [3.05, 3.63) is 68.7 Å². The van der Waals surface area contributed by atoms with Crippen molar-refractivity contribution >= 4 is 29.1 Å². The highest BCUT2D eigenvalue weighted by Crippen LogP contribution is 2.30. The summed E-state index contributed by atoms with van der Waals surface area (Å²) in [6.45, 7) is 3.45.